The molecule has 0 N–H and O–H groups in total. The van der Waals surface area contributed by atoms with Crippen LogP contribution in [-0.2, 0) is 13.6 Å². The summed E-state index contributed by atoms with van der Waals surface area (Å²) in [5.41, 5.74) is 6.69. The zero-order valence-corrected chi connectivity index (χ0v) is 14.3. The van der Waals surface area contributed by atoms with Crippen LogP contribution in [0.15, 0.2) is 67.1 Å². The van der Waals surface area contributed by atoms with E-state index in [4.69, 9.17) is 0 Å². The van der Waals surface area contributed by atoms with Crippen molar-refractivity contribution in [3.05, 3.63) is 78.2 Å². The van der Waals surface area contributed by atoms with Gasteiger partial charge in [0.05, 0.1) is 18.9 Å². The maximum atomic E-state index is 4.29. The third-order valence-corrected chi connectivity index (χ3v) is 4.19. The summed E-state index contributed by atoms with van der Waals surface area (Å²) in [7, 11) is 1.92. The molecule has 2 aromatic heterocycles. The van der Waals surface area contributed by atoms with Gasteiger partial charge in [-0.25, -0.2) is 4.68 Å². The fourth-order valence-corrected chi connectivity index (χ4v) is 2.87. The fourth-order valence-electron chi connectivity index (χ4n) is 2.87. The summed E-state index contributed by atoms with van der Waals surface area (Å²) in [5.74, 6) is 0. The van der Waals surface area contributed by atoms with E-state index in [2.05, 4.69) is 64.8 Å². The Bertz CT molecular complexity index is 995. The Morgan fingerprint density at radius 2 is 1.76 bits per heavy atom. The van der Waals surface area contributed by atoms with Crippen LogP contribution in [0.25, 0.3) is 22.4 Å². The molecule has 0 saturated heterocycles. The minimum Gasteiger partial charge on any atom is -0.275 e. The highest BCUT2D eigenvalue weighted by molar-refractivity contribution is 5.62. The molecule has 0 aliphatic rings. The maximum absolute atomic E-state index is 4.29. The molecular weight excluding hydrogens is 310 g/mol. The molecule has 2 aromatic carbocycles. The normalized spacial score (nSPS) is 11.0. The fraction of sp³-hybridized carbons (Fsp3) is 0.150. The van der Waals surface area contributed by atoms with Gasteiger partial charge >= 0.3 is 0 Å². The monoisotopic (exact) mass is 329 g/mol. The molecular formula is C20H19N5. The molecule has 0 bridgehead atoms. The van der Waals surface area contributed by atoms with Crippen molar-refractivity contribution in [3.63, 3.8) is 0 Å². The first-order chi connectivity index (χ1) is 12.2. The predicted octanol–water partition coefficient (Wildman–Crippen LogP) is 3.70. The second-order valence-corrected chi connectivity index (χ2v) is 6.27. The van der Waals surface area contributed by atoms with Gasteiger partial charge in [0.1, 0.15) is 5.69 Å². The molecule has 4 rings (SSSR count). The lowest BCUT2D eigenvalue weighted by Crippen LogP contribution is -2.00. The van der Waals surface area contributed by atoms with E-state index < -0.39 is 0 Å². The second-order valence-electron chi connectivity index (χ2n) is 6.27. The average Bonchev–Trinajstić information content (AvgIpc) is 3.25. The van der Waals surface area contributed by atoms with Crippen LogP contribution in [0, 0.1) is 6.92 Å². The van der Waals surface area contributed by atoms with Gasteiger partial charge in [0.15, 0.2) is 0 Å². The third kappa shape index (κ3) is 3.35. The van der Waals surface area contributed by atoms with Gasteiger partial charge in [-0.2, -0.15) is 5.10 Å². The van der Waals surface area contributed by atoms with Gasteiger partial charge < -0.3 is 0 Å². The molecule has 5 nitrogen and oxygen atoms in total. The molecule has 0 radical (unpaired) electrons. The molecule has 2 heterocycles. The molecule has 4 aromatic rings. The van der Waals surface area contributed by atoms with Crippen LogP contribution in [0.1, 0.15) is 11.1 Å². The summed E-state index contributed by atoms with van der Waals surface area (Å²) in [6.07, 6.45) is 5.88. The first kappa shape index (κ1) is 15.3. The van der Waals surface area contributed by atoms with Crippen LogP contribution in [0.3, 0.4) is 0 Å². The van der Waals surface area contributed by atoms with Crippen LogP contribution in [0.4, 0.5) is 0 Å². The highest BCUT2D eigenvalue weighted by Gasteiger charge is 2.05. The molecule has 0 fully saturated rings. The standard InChI is InChI=1S/C20H19N5/c1-15-4-3-5-18(10-15)20-14-25(23-22-20)12-16-6-8-17(9-7-16)19-11-21-24(2)13-19/h3-11,13-14H,12H2,1-2H3. The number of rotatable bonds is 4. The SMILES string of the molecule is Cc1cccc(-c2cn(Cc3ccc(-c4cnn(C)c4)cc3)nn2)c1. The van der Waals surface area contributed by atoms with Crippen LogP contribution in [0.5, 0.6) is 0 Å². The molecule has 25 heavy (non-hydrogen) atoms. The van der Waals surface area contributed by atoms with Crippen molar-refractivity contribution in [1.82, 2.24) is 24.8 Å². The van der Waals surface area contributed by atoms with Crippen molar-refractivity contribution < 1.29 is 0 Å². The topological polar surface area (TPSA) is 48.5 Å². The molecule has 0 spiro atoms. The zero-order valence-electron chi connectivity index (χ0n) is 14.3. The van der Waals surface area contributed by atoms with E-state index in [1.807, 2.05) is 41.1 Å². The van der Waals surface area contributed by atoms with Gasteiger partial charge in [-0.05, 0) is 24.1 Å². The first-order valence-corrected chi connectivity index (χ1v) is 8.22. The number of aromatic nitrogens is 5. The molecule has 5 heteroatoms. The number of hydrogen-bond acceptors (Lipinski definition) is 3. The Kier molecular flexibility index (Phi) is 3.90. The number of benzene rings is 2. The van der Waals surface area contributed by atoms with Crippen LogP contribution >= 0.6 is 0 Å². The van der Waals surface area contributed by atoms with E-state index in [9.17, 15) is 0 Å². The quantitative estimate of drug-likeness (QED) is 0.573. The lowest BCUT2D eigenvalue weighted by molar-refractivity contribution is 0.650. The summed E-state index contributed by atoms with van der Waals surface area (Å²) in [6, 6.07) is 16.8. The van der Waals surface area contributed by atoms with Gasteiger partial charge in [0, 0.05) is 24.4 Å². The smallest absolute Gasteiger partial charge is 0.113 e. The average molecular weight is 329 g/mol. The Balaban J connectivity index is 1.51. The number of nitrogens with zero attached hydrogens (tertiary/aromatic N) is 5. The van der Waals surface area contributed by atoms with Gasteiger partial charge in [0.25, 0.3) is 0 Å². The van der Waals surface area contributed by atoms with E-state index >= 15 is 0 Å². The van der Waals surface area contributed by atoms with Crippen molar-refractivity contribution in [3.8, 4) is 22.4 Å². The molecule has 0 aliphatic carbocycles. The summed E-state index contributed by atoms with van der Waals surface area (Å²) >= 11 is 0. The molecule has 0 amide bonds. The molecule has 124 valence electrons. The van der Waals surface area contributed by atoms with Crippen molar-refractivity contribution in [1.29, 1.82) is 0 Å². The largest absolute Gasteiger partial charge is 0.275 e. The minimum atomic E-state index is 0.701. The van der Waals surface area contributed by atoms with Gasteiger partial charge in [-0.15, -0.1) is 5.10 Å². The van der Waals surface area contributed by atoms with Crippen LogP contribution in [-0.4, -0.2) is 24.8 Å². The molecule has 0 atom stereocenters. The summed E-state index contributed by atoms with van der Waals surface area (Å²) in [4.78, 5) is 0. The van der Waals surface area contributed by atoms with Gasteiger partial charge in [0.2, 0.25) is 0 Å². The number of aryl methyl sites for hydroxylation is 2. The van der Waals surface area contributed by atoms with Gasteiger partial charge in [-0.1, -0.05) is 53.2 Å². The van der Waals surface area contributed by atoms with Crippen molar-refractivity contribution >= 4 is 0 Å². The lowest BCUT2D eigenvalue weighted by atomic mass is 10.1. The van der Waals surface area contributed by atoms with Crippen LogP contribution in [0.2, 0.25) is 0 Å². The maximum Gasteiger partial charge on any atom is 0.113 e. The summed E-state index contributed by atoms with van der Waals surface area (Å²) in [5, 5.41) is 12.8. The van der Waals surface area contributed by atoms with Crippen LogP contribution < -0.4 is 0 Å². The van der Waals surface area contributed by atoms with Crippen molar-refractivity contribution in [2.24, 2.45) is 7.05 Å². The van der Waals surface area contributed by atoms with E-state index in [0.717, 1.165) is 22.4 Å². The van der Waals surface area contributed by atoms with Crippen molar-refractivity contribution in [2.75, 3.05) is 0 Å². The number of hydrogen-bond donors (Lipinski definition) is 0. The lowest BCUT2D eigenvalue weighted by Gasteiger charge is -2.03. The molecule has 0 saturated carbocycles. The zero-order chi connectivity index (χ0) is 17.2. The summed E-state index contributed by atoms with van der Waals surface area (Å²) < 4.78 is 3.68. The highest BCUT2D eigenvalue weighted by Crippen LogP contribution is 2.20. The van der Waals surface area contributed by atoms with E-state index in [0.29, 0.717) is 6.54 Å². The molecule has 0 unspecified atom stereocenters. The Morgan fingerprint density at radius 3 is 2.48 bits per heavy atom. The Labute approximate surface area is 146 Å². The molecule has 0 aliphatic heterocycles. The van der Waals surface area contributed by atoms with Crippen molar-refractivity contribution in [2.45, 2.75) is 13.5 Å². The van der Waals surface area contributed by atoms with E-state index in [1.165, 1.54) is 11.1 Å². The predicted molar refractivity (Wildman–Crippen MR) is 97.9 cm³/mol. The first-order valence-electron chi connectivity index (χ1n) is 8.22. The Morgan fingerprint density at radius 1 is 0.920 bits per heavy atom. The second kappa shape index (κ2) is 6.36. The van der Waals surface area contributed by atoms with E-state index in [1.54, 1.807) is 0 Å². The third-order valence-electron chi connectivity index (χ3n) is 4.19. The summed E-state index contributed by atoms with van der Waals surface area (Å²) in [6.45, 7) is 2.78. The van der Waals surface area contributed by atoms with E-state index in [-0.39, 0.29) is 0 Å². The highest BCUT2D eigenvalue weighted by atomic mass is 15.4. The minimum absolute atomic E-state index is 0.701. The van der Waals surface area contributed by atoms with Gasteiger partial charge in [-0.3, -0.25) is 4.68 Å². The Hall–Kier alpha value is -3.21.